The number of ether oxygens (including phenoxy) is 1. The van der Waals surface area contributed by atoms with E-state index < -0.39 is 6.23 Å². The van der Waals surface area contributed by atoms with Crippen molar-refractivity contribution in [2.45, 2.75) is 26.6 Å². The minimum Gasteiger partial charge on any atom is -0.507 e. The highest BCUT2D eigenvalue weighted by atomic mass is 16.5. The number of nitrogens with zero attached hydrogens (tertiary/aromatic N) is 3. The van der Waals surface area contributed by atoms with Gasteiger partial charge in [-0.05, 0) is 49.2 Å². The number of hydrogen-bond acceptors (Lipinski definition) is 5. The molecule has 1 aromatic heterocycles. The molecule has 2 N–H and O–H groups in total. The van der Waals surface area contributed by atoms with Gasteiger partial charge in [0.25, 0.3) is 5.91 Å². The maximum absolute atomic E-state index is 12.8. The topological polar surface area (TPSA) is 100 Å². The highest BCUT2D eigenvalue weighted by Gasteiger charge is 2.23. The first-order chi connectivity index (χ1) is 14.0. The van der Waals surface area contributed by atoms with Crippen LogP contribution in [0.2, 0.25) is 0 Å². The molecule has 148 valence electrons. The lowest BCUT2D eigenvalue weighted by atomic mass is 10.1. The van der Waals surface area contributed by atoms with Gasteiger partial charge in [-0.25, -0.2) is 4.68 Å². The molecule has 0 saturated carbocycles. The molecular weight excluding hydrogens is 368 g/mol. The fraction of sp³-hybridized carbons (Fsp3) is 0.227. The fourth-order valence-corrected chi connectivity index (χ4v) is 2.95. The molecule has 0 spiro atoms. The molecule has 1 atom stereocenters. The molecule has 1 amide bonds. The molecule has 0 bridgehead atoms. The van der Waals surface area contributed by atoms with Gasteiger partial charge < -0.3 is 15.2 Å². The second-order valence-electron chi connectivity index (χ2n) is 6.49. The molecule has 7 nitrogen and oxygen atoms in total. The van der Waals surface area contributed by atoms with E-state index in [2.05, 4.69) is 16.5 Å². The summed E-state index contributed by atoms with van der Waals surface area (Å²) in [6.45, 7) is 4.31. The van der Waals surface area contributed by atoms with Gasteiger partial charge in [0.2, 0.25) is 6.23 Å². The third-order valence-corrected chi connectivity index (χ3v) is 4.41. The Bertz CT molecular complexity index is 1030. The van der Waals surface area contributed by atoms with E-state index >= 15 is 0 Å². The van der Waals surface area contributed by atoms with Crippen molar-refractivity contribution < 1.29 is 14.6 Å². The van der Waals surface area contributed by atoms with E-state index in [-0.39, 0.29) is 11.7 Å². The number of carbonyl (C=O) groups is 1. The zero-order chi connectivity index (χ0) is 20.8. The third kappa shape index (κ3) is 4.62. The number of phenols is 1. The molecule has 0 fully saturated rings. The second-order valence-corrected chi connectivity index (χ2v) is 6.49. The van der Waals surface area contributed by atoms with Crippen LogP contribution in [0.25, 0.3) is 11.3 Å². The number of aryl methyl sites for hydroxylation is 1. The molecular formula is C22H22N4O3. The molecule has 7 heteroatoms. The average Bonchev–Trinajstić information content (AvgIpc) is 3.12. The maximum Gasteiger partial charge on any atom is 0.272 e. The van der Waals surface area contributed by atoms with Gasteiger partial charge in [0.15, 0.2) is 0 Å². The van der Waals surface area contributed by atoms with E-state index in [4.69, 9.17) is 10.00 Å². The summed E-state index contributed by atoms with van der Waals surface area (Å²) in [4.78, 5) is 12.8. The Morgan fingerprint density at radius 1 is 1.28 bits per heavy atom. The van der Waals surface area contributed by atoms with E-state index in [1.54, 1.807) is 55.6 Å². The third-order valence-electron chi connectivity index (χ3n) is 4.41. The van der Waals surface area contributed by atoms with Gasteiger partial charge in [0.05, 0.1) is 17.3 Å². The Morgan fingerprint density at radius 3 is 2.66 bits per heavy atom. The van der Waals surface area contributed by atoms with E-state index in [0.717, 1.165) is 11.1 Å². The number of carbonyl (C=O) groups excluding carboxylic acids is 1. The predicted octanol–water partition coefficient (Wildman–Crippen LogP) is 3.29. The first-order valence-corrected chi connectivity index (χ1v) is 9.26. The van der Waals surface area contributed by atoms with Crippen LogP contribution in [0.1, 0.15) is 29.8 Å². The van der Waals surface area contributed by atoms with E-state index in [1.165, 1.54) is 4.68 Å². The summed E-state index contributed by atoms with van der Waals surface area (Å²) in [6, 6.07) is 16.0. The number of phenolic OH excluding ortho intramolecular Hbond substituents is 1. The summed E-state index contributed by atoms with van der Waals surface area (Å²) < 4.78 is 7.10. The molecule has 1 heterocycles. The van der Waals surface area contributed by atoms with Gasteiger partial charge in [-0.1, -0.05) is 24.3 Å². The normalized spacial score (nSPS) is 11.6. The van der Waals surface area contributed by atoms with Crippen LogP contribution in [0.5, 0.6) is 5.75 Å². The molecule has 3 aromatic rings. The van der Waals surface area contributed by atoms with Crippen LogP contribution in [0.15, 0.2) is 54.7 Å². The van der Waals surface area contributed by atoms with Crippen LogP contribution in [-0.4, -0.2) is 27.4 Å². The lowest BCUT2D eigenvalue weighted by Gasteiger charge is -2.17. The number of rotatable bonds is 7. The predicted molar refractivity (Wildman–Crippen MR) is 108 cm³/mol. The van der Waals surface area contributed by atoms with Crippen molar-refractivity contribution in [3.63, 3.8) is 0 Å². The Labute approximate surface area is 169 Å². The van der Waals surface area contributed by atoms with Gasteiger partial charge in [0, 0.05) is 24.9 Å². The first kappa shape index (κ1) is 20.1. The molecule has 3 rings (SSSR count). The van der Waals surface area contributed by atoms with Crippen molar-refractivity contribution in [3.05, 3.63) is 71.4 Å². The van der Waals surface area contributed by atoms with Crippen molar-refractivity contribution in [1.82, 2.24) is 15.1 Å². The van der Waals surface area contributed by atoms with Gasteiger partial charge >= 0.3 is 0 Å². The van der Waals surface area contributed by atoms with Gasteiger partial charge in [-0.3, -0.25) is 4.79 Å². The van der Waals surface area contributed by atoms with E-state index in [1.807, 2.05) is 13.0 Å². The quantitative estimate of drug-likeness (QED) is 0.645. The highest BCUT2D eigenvalue weighted by Crippen LogP contribution is 2.30. The number of hydrogen-bond donors (Lipinski definition) is 2. The Kier molecular flexibility index (Phi) is 6.27. The number of para-hydroxylation sites is 1. The maximum atomic E-state index is 12.8. The van der Waals surface area contributed by atoms with E-state index in [0.29, 0.717) is 30.0 Å². The first-order valence-electron chi connectivity index (χ1n) is 9.26. The molecule has 29 heavy (non-hydrogen) atoms. The van der Waals surface area contributed by atoms with Crippen LogP contribution in [0, 0.1) is 18.3 Å². The largest absolute Gasteiger partial charge is 0.507 e. The summed E-state index contributed by atoms with van der Waals surface area (Å²) >= 11 is 0. The minimum absolute atomic E-state index is 0.124. The fourth-order valence-electron chi connectivity index (χ4n) is 2.95. The van der Waals surface area contributed by atoms with Crippen LogP contribution in [0.4, 0.5) is 0 Å². The van der Waals surface area contributed by atoms with Crippen molar-refractivity contribution in [2.75, 3.05) is 6.61 Å². The monoisotopic (exact) mass is 390 g/mol. The number of nitriles is 1. The Balaban J connectivity index is 1.78. The summed E-state index contributed by atoms with van der Waals surface area (Å²) in [5, 5.41) is 26.3. The lowest BCUT2D eigenvalue weighted by molar-refractivity contribution is -0.139. The number of benzene rings is 2. The van der Waals surface area contributed by atoms with Crippen molar-refractivity contribution >= 4 is 5.91 Å². The van der Waals surface area contributed by atoms with Gasteiger partial charge in [0.1, 0.15) is 5.75 Å². The summed E-state index contributed by atoms with van der Waals surface area (Å²) in [7, 11) is 0. The number of aromatic nitrogens is 2. The molecule has 0 aliphatic rings. The average molecular weight is 390 g/mol. The standard InChI is InChI=1S/C22H22N4O3/c1-3-29-22(21(28)24-13-17-10-8-16(12-23)9-11-17)26-14-15(2)20(25-26)18-6-4-5-7-19(18)27/h4-11,14,22,27H,3,13H2,1-2H3,(H,24,28)/t22-/m0/s1. The minimum atomic E-state index is -0.934. The van der Waals surface area contributed by atoms with Gasteiger partial charge in [-0.2, -0.15) is 10.4 Å². The second kappa shape index (κ2) is 9.04. The van der Waals surface area contributed by atoms with Crippen LogP contribution < -0.4 is 5.32 Å². The van der Waals surface area contributed by atoms with Crippen molar-refractivity contribution in [3.8, 4) is 23.1 Å². The van der Waals surface area contributed by atoms with Crippen LogP contribution in [0.3, 0.4) is 0 Å². The zero-order valence-corrected chi connectivity index (χ0v) is 16.3. The number of aromatic hydroxyl groups is 1. The van der Waals surface area contributed by atoms with Gasteiger partial charge in [-0.15, -0.1) is 0 Å². The zero-order valence-electron chi connectivity index (χ0n) is 16.3. The molecule has 0 saturated heterocycles. The summed E-state index contributed by atoms with van der Waals surface area (Å²) in [5.74, 6) is -0.207. The number of amides is 1. The smallest absolute Gasteiger partial charge is 0.272 e. The van der Waals surface area contributed by atoms with E-state index in [9.17, 15) is 9.90 Å². The van der Waals surface area contributed by atoms with Crippen LogP contribution in [-0.2, 0) is 16.1 Å². The molecule has 0 aliphatic heterocycles. The Morgan fingerprint density at radius 2 is 2.00 bits per heavy atom. The molecule has 2 aromatic carbocycles. The highest BCUT2D eigenvalue weighted by molar-refractivity contribution is 5.79. The summed E-state index contributed by atoms with van der Waals surface area (Å²) in [5.41, 5.74) is 3.44. The Hall–Kier alpha value is -3.63. The van der Waals surface area contributed by atoms with Crippen LogP contribution >= 0.6 is 0 Å². The molecule has 0 aliphatic carbocycles. The lowest BCUT2D eigenvalue weighted by Crippen LogP contribution is -2.34. The SMILES string of the molecule is CCO[C@@H](C(=O)NCc1ccc(C#N)cc1)n1cc(C)c(-c2ccccc2O)n1. The molecule has 0 radical (unpaired) electrons. The summed E-state index contributed by atoms with van der Waals surface area (Å²) in [6.07, 6.45) is 0.792. The number of nitrogens with one attached hydrogen (secondary N) is 1. The van der Waals surface area contributed by atoms with Crippen molar-refractivity contribution in [1.29, 1.82) is 5.26 Å². The van der Waals surface area contributed by atoms with Crippen molar-refractivity contribution in [2.24, 2.45) is 0 Å². The molecule has 0 unspecified atom stereocenters.